The lowest BCUT2D eigenvalue weighted by Crippen LogP contribution is -2.48. The number of ether oxygens (including phenoxy) is 2. The maximum atomic E-state index is 12.9. The fourth-order valence-electron chi connectivity index (χ4n) is 3.94. The summed E-state index contributed by atoms with van der Waals surface area (Å²) in [5, 5.41) is 0. The lowest BCUT2D eigenvalue weighted by atomic mass is 10.2. The van der Waals surface area contributed by atoms with Crippen LogP contribution in [0, 0.1) is 0 Å². The van der Waals surface area contributed by atoms with E-state index in [9.17, 15) is 4.79 Å². The Morgan fingerprint density at radius 1 is 1.07 bits per heavy atom. The predicted molar refractivity (Wildman–Crippen MR) is 108 cm³/mol. The van der Waals surface area contributed by atoms with Gasteiger partial charge in [0.15, 0.2) is 0 Å². The third-order valence-electron chi connectivity index (χ3n) is 5.56. The van der Waals surface area contributed by atoms with E-state index in [4.69, 9.17) is 9.47 Å². The largest absolute Gasteiger partial charge is 0.497 e. The highest BCUT2D eigenvalue weighted by molar-refractivity contribution is 5.94. The van der Waals surface area contributed by atoms with Crippen LogP contribution in [0.5, 0.6) is 11.6 Å². The molecule has 1 saturated carbocycles. The summed E-state index contributed by atoms with van der Waals surface area (Å²) in [6, 6.07) is 11.6. The second-order valence-corrected chi connectivity index (χ2v) is 7.39. The van der Waals surface area contributed by atoms with Crippen LogP contribution in [-0.2, 0) is 0 Å². The standard InChI is InChI=1S/C22H27N3O3/c1-27-20-8-4-5-18(16-20)24-11-13-25(14-12-24)22(26)17-9-10-23-21(15-17)28-19-6-2-3-7-19/h4-5,8-10,15-16,19H,2-3,6-7,11-14H2,1H3. The summed E-state index contributed by atoms with van der Waals surface area (Å²) in [5.41, 5.74) is 1.78. The summed E-state index contributed by atoms with van der Waals surface area (Å²) < 4.78 is 11.3. The lowest BCUT2D eigenvalue weighted by molar-refractivity contribution is 0.0745. The van der Waals surface area contributed by atoms with E-state index in [-0.39, 0.29) is 12.0 Å². The molecule has 2 heterocycles. The number of nitrogens with zero attached hydrogens (tertiary/aromatic N) is 3. The number of carbonyl (C=O) groups excluding carboxylic acids is 1. The Hall–Kier alpha value is -2.76. The smallest absolute Gasteiger partial charge is 0.254 e. The number of benzene rings is 1. The molecule has 6 heteroatoms. The highest BCUT2D eigenvalue weighted by atomic mass is 16.5. The zero-order valence-electron chi connectivity index (χ0n) is 16.3. The monoisotopic (exact) mass is 381 g/mol. The number of rotatable bonds is 5. The van der Waals surface area contributed by atoms with Crippen molar-refractivity contribution in [1.82, 2.24) is 9.88 Å². The molecular formula is C22H27N3O3. The SMILES string of the molecule is COc1cccc(N2CCN(C(=O)c3ccnc(OC4CCCC4)c3)CC2)c1. The summed E-state index contributed by atoms with van der Waals surface area (Å²) in [4.78, 5) is 21.4. The van der Waals surface area contributed by atoms with Gasteiger partial charge in [-0.25, -0.2) is 4.98 Å². The van der Waals surface area contributed by atoms with Gasteiger partial charge < -0.3 is 19.3 Å². The molecule has 1 amide bonds. The minimum atomic E-state index is 0.0453. The summed E-state index contributed by atoms with van der Waals surface area (Å²) in [6.45, 7) is 2.99. The van der Waals surface area contributed by atoms with E-state index in [2.05, 4.69) is 16.0 Å². The molecule has 1 aromatic heterocycles. The first-order chi connectivity index (χ1) is 13.7. The predicted octanol–water partition coefficient (Wildman–Crippen LogP) is 3.37. The van der Waals surface area contributed by atoms with E-state index in [0.717, 1.165) is 37.4 Å². The molecular weight excluding hydrogens is 354 g/mol. The lowest BCUT2D eigenvalue weighted by Gasteiger charge is -2.36. The molecule has 2 aliphatic rings. The molecule has 0 bridgehead atoms. The van der Waals surface area contributed by atoms with Crippen molar-refractivity contribution in [2.45, 2.75) is 31.8 Å². The van der Waals surface area contributed by atoms with E-state index >= 15 is 0 Å². The maximum absolute atomic E-state index is 12.9. The van der Waals surface area contributed by atoms with Crippen molar-refractivity contribution in [1.29, 1.82) is 0 Å². The Morgan fingerprint density at radius 3 is 2.61 bits per heavy atom. The molecule has 0 N–H and O–H groups in total. The minimum Gasteiger partial charge on any atom is -0.497 e. The van der Waals surface area contributed by atoms with E-state index in [1.54, 1.807) is 25.4 Å². The summed E-state index contributed by atoms with van der Waals surface area (Å²) in [5.74, 6) is 1.46. The van der Waals surface area contributed by atoms with Crippen LogP contribution >= 0.6 is 0 Å². The number of hydrogen-bond donors (Lipinski definition) is 0. The summed E-state index contributed by atoms with van der Waals surface area (Å²) >= 11 is 0. The minimum absolute atomic E-state index is 0.0453. The fraction of sp³-hybridized carbons (Fsp3) is 0.455. The molecule has 1 saturated heterocycles. The first-order valence-electron chi connectivity index (χ1n) is 10.0. The van der Waals surface area contributed by atoms with Gasteiger partial charge in [0.05, 0.1) is 7.11 Å². The molecule has 2 aromatic rings. The fourth-order valence-corrected chi connectivity index (χ4v) is 3.94. The van der Waals surface area contributed by atoms with Gasteiger partial charge in [-0.15, -0.1) is 0 Å². The first-order valence-corrected chi connectivity index (χ1v) is 10.0. The molecule has 0 spiro atoms. The molecule has 2 fully saturated rings. The van der Waals surface area contributed by atoms with Gasteiger partial charge in [0, 0.05) is 55.8 Å². The van der Waals surface area contributed by atoms with Crippen LogP contribution in [0.2, 0.25) is 0 Å². The Balaban J connectivity index is 1.37. The maximum Gasteiger partial charge on any atom is 0.254 e. The van der Waals surface area contributed by atoms with Gasteiger partial charge in [-0.05, 0) is 43.9 Å². The van der Waals surface area contributed by atoms with Crippen molar-refractivity contribution in [3.05, 3.63) is 48.2 Å². The number of methoxy groups -OCH3 is 1. The summed E-state index contributed by atoms with van der Waals surface area (Å²) in [6.07, 6.45) is 6.48. The summed E-state index contributed by atoms with van der Waals surface area (Å²) in [7, 11) is 1.68. The third kappa shape index (κ3) is 4.21. The molecule has 0 radical (unpaired) electrons. The number of carbonyl (C=O) groups is 1. The quantitative estimate of drug-likeness (QED) is 0.795. The number of pyridine rings is 1. The normalized spacial score (nSPS) is 17.6. The van der Waals surface area contributed by atoms with E-state index in [1.807, 2.05) is 23.1 Å². The average molecular weight is 381 g/mol. The number of hydrogen-bond acceptors (Lipinski definition) is 5. The number of aromatic nitrogens is 1. The Morgan fingerprint density at radius 2 is 1.86 bits per heavy atom. The number of anilines is 1. The molecule has 28 heavy (non-hydrogen) atoms. The van der Waals surface area contributed by atoms with E-state index in [0.29, 0.717) is 24.5 Å². The Bertz CT molecular complexity index is 812. The van der Waals surface area contributed by atoms with Gasteiger partial charge in [-0.3, -0.25) is 4.79 Å². The zero-order chi connectivity index (χ0) is 19.3. The van der Waals surface area contributed by atoms with Crippen molar-refractivity contribution in [3.63, 3.8) is 0 Å². The van der Waals surface area contributed by atoms with Gasteiger partial charge in [0.25, 0.3) is 5.91 Å². The Labute approximate surface area is 166 Å². The van der Waals surface area contributed by atoms with Gasteiger partial charge in [-0.1, -0.05) is 6.07 Å². The van der Waals surface area contributed by atoms with E-state index < -0.39 is 0 Å². The van der Waals surface area contributed by atoms with Crippen molar-refractivity contribution in [2.75, 3.05) is 38.2 Å². The third-order valence-corrected chi connectivity index (χ3v) is 5.56. The van der Waals surface area contributed by atoms with Gasteiger partial charge in [-0.2, -0.15) is 0 Å². The number of amides is 1. The van der Waals surface area contributed by atoms with Crippen LogP contribution in [0.25, 0.3) is 0 Å². The zero-order valence-corrected chi connectivity index (χ0v) is 16.3. The molecule has 4 rings (SSSR count). The molecule has 1 aromatic carbocycles. The van der Waals surface area contributed by atoms with Crippen molar-refractivity contribution >= 4 is 11.6 Å². The molecule has 148 valence electrons. The van der Waals surface area contributed by atoms with Crippen molar-refractivity contribution in [3.8, 4) is 11.6 Å². The second kappa shape index (κ2) is 8.50. The van der Waals surface area contributed by atoms with Crippen LogP contribution < -0.4 is 14.4 Å². The van der Waals surface area contributed by atoms with Crippen LogP contribution in [0.1, 0.15) is 36.0 Å². The average Bonchev–Trinajstić information content (AvgIpc) is 3.26. The van der Waals surface area contributed by atoms with Crippen LogP contribution in [-0.4, -0.2) is 55.2 Å². The van der Waals surface area contributed by atoms with Crippen molar-refractivity contribution < 1.29 is 14.3 Å². The van der Waals surface area contributed by atoms with Crippen LogP contribution in [0.4, 0.5) is 5.69 Å². The first kappa shape index (κ1) is 18.6. The van der Waals surface area contributed by atoms with Gasteiger partial charge >= 0.3 is 0 Å². The molecule has 1 aliphatic heterocycles. The molecule has 0 unspecified atom stereocenters. The van der Waals surface area contributed by atoms with Crippen LogP contribution in [0.15, 0.2) is 42.6 Å². The molecule has 1 aliphatic carbocycles. The highest BCUT2D eigenvalue weighted by Crippen LogP contribution is 2.25. The molecule has 6 nitrogen and oxygen atoms in total. The molecule has 0 atom stereocenters. The van der Waals surface area contributed by atoms with Crippen molar-refractivity contribution in [2.24, 2.45) is 0 Å². The van der Waals surface area contributed by atoms with E-state index in [1.165, 1.54) is 12.8 Å². The highest BCUT2D eigenvalue weighted by Gasteiger charge is 2.23. The number of piperazine rings is 1. The Kier molecular flexibility index (Phi) is 5.65. The van der Waals surface area contributed by atoms with Crippen LogP contribution in [0.3, 0.4) is 0 Å². The topological polar surface area (TPSA) is 54.9 Å². The van der Waals surface area contributed by atoms with Gasteiger partial charge in [0.1, 0.15) is 11.9 Å². The van der Waals surface area contributed by atoms with Gasteiger partial charge in [0.2, 0.25) is 5.88 Å². The second-order valence-electron chi connectivity index (χ2n) is 7.39.